The number of carbonyl (C=O) groups is 1. The van der Waals surface area contributed by atoms with E-state index in [0.29, 0.717) is 22.9 Å². The van der Waals surface area contributed by atoms with Crippen LogP contribution in [-0.2, 0) is 0 Å². The summed E-state index contributed by atoms with van der Waals surface area (Å²) in [7, 11) is 0. The van der Waals surface area contributed by atoms with Crippen molar-refractivity contribution >= 4 is 16.7 Å². The lowest BCUT2D eigenvalue weighted by atomic mass is 10.0. The number of benzene rings is 2. The lowest BCUT2D eigenvalue weighted by Gasteiger charge is -2.26. The summed E-state index contributed by atoms with van der Waals surface area (Å²) >= 11 is 0. The third-order valence-corrected chi connectivity index (χ3v) is 3.82. The van der Waals surface area contributed by atoms with Crippen LogP contribution in [0.1, 0.15) is 23.7 Å². The van der Waals surface area contributed by atoms with Gasteiger partial charge in [0.1, 0.15) is 5.82 Å². The van der Waals surface area contributed by atoms with E-state index >= 15 is 0 Å². The molecule has 0 aliphatic carbocycles. The van der Waals surface area contributed by atoms with Gasteiger partial charge in [-0.1, -0.05) is 35.9 Å². The smallest absolute Gasteiger partial charge is 0.254 e. The fourth-order valence-electron chi connectivity index (χ4n) is 2.57. The van der Waals surface area contributed by atoms with Gasteiger partial charge in [0, 0.05) is 24.0 Å². The molecule has 1 aliphatic rings. The zero-order valence-corrected chi connectivity index (χ0v) is 11.4. The molecule has 0 bridgehead atoms. The van der Waals surface area contributed by atoms with E-state index in [9.17, 15) is 9.18 Å². The molecule has 102 valence electrons. The van der Waals surface area contributed by atoms with Gasteiger partial charge >= 0.3 is 0 Å². The first kappa shape index (κ1) is 12.9. The molecule has 20 heavy (non-hydrogen) atoms. The van der Waals surface area contributed by atoms with Gasteiger partial charge in [-0.2, -0.15) is 0 Å². The number of rotatable bonds is 1. The molecule has 2 aromatic carbocycles. The number of carbonyl (C=O) groups excluding carboxylic acids is 1. The van der Waals surface area contributed by atoms with Crippen molar-refractivity contribution < 1.29 is 9.18 Å². The number of hydrogen-bond donors (Lipinski definition) is 0. The molecule has 3 heteroatoms. The topological polar surface area (TPSA) is 20.3 Å². The van der Waals surface area contributed by atoms with Crippen molar-refractivity contribution in [3.8, 4) is 0 Å². The third kappa shape index (κ3) is 2.20. The van der Waals surface area contributed by atoms with Gasteiger partial charge in [-0.15, -0.1) is 0 Å². The van der Waals surface area contributed by atoms with Crippen molar-refractivity contribution in [2.45, 2.75) is 13.3 Å². The Kier molecular flexibility index (Phi) is 3.26. The zero-order chi connectivity index (χ0) is 14.1. The van der Waals surface area contributed by atoms with Crippen LogP contribution in [-0.4, -0.2) is 23.9 Å². The summed E-state index contributed by atoms with van der Waals surface area (Å²) < 4.78 is 13.8. The van der Waals surface area contributed by atoms with E-state index in [1.54, 1.807) is 24.3 Å². The molecule has 0 unspecified atom stereocenters. The molecule has 1 aliphatic heterocycles. The number of halogens is 1. The minimum Gasteiger partial charge on any atom is -0.335 e. The molecule has 2 nitrogen and oxygen atoms in total. The van der Waals surface area contributed by atoms with E-state index in [4.69, 9.17) is 0 Å². The summed E-state index contributed by atoms with van der Waals surface area (Å²) in [5.74, 6) is -0.309. The van der Waals surface area contributed by atoms with Crippen LogP contribution in [0, 0.1) is 5.82 Å². The van der Waals surface area contributed by atoms with E-state index < -0.39 is 0 Å². The minimum absolute atomic E-state index is 0.0232. The zero-order valence-electron chi connectivity index (χ0n) is 11.4. The first-order valence-electron chi connectivity index (χ1n) is 6.79. The molecule has 0 atom stereocenters. The molecule has 2 aromatic rings. The van der Waals surface area contributed by atoms with Gasteiger partial charge in [0.25, 0.3) is 5.91 Å². The Balaban J connectivity index is 2.02. The number of fused-ring (bicyclic) bond motifs is 1. The van der Waals surface area contributed by atoms with Crippen molar-refractivity contribution in [2.75, 3.05) is 13.1 Å². The van der Waals surface area contributed by atoms with Crippen LogP contribution in [0.4, 0.5) is 4.39 Å². The predicted molar refractivity (Wildman–Crippen MR) is 78.2 cm³/mol. The summed E-state index contributed by atoms with van der Waals surface area (Å²) in [5, 5.41) is 1.19. The van der Waals surface area contributed by atoms with Gasteiger partial charge in [-0.05, 0) is 30.9 Å². The van der Waals surface area contributed by atoms with Gasteiger partial charge < -0.3 is 4.90 Å². The van der Waals surface area contributed by atoms with E-state index in [2.05, 4.69) is 13.0 Å². The fourth-order valence-corrected chi connectivity index (χ4v) is 2.57. The molecule has 0 N–H and O–H groups in total. The van der Waals surface area contributed by atoms with E-state index in [1.165, 1.54) is 11.6 Å². The Morgan fingerprint density at radius 1 is 1.15 bits per heavy atom. The van der Waals surface area contributed by atoms with Crippen molar-refractivity contribution in [1.82, 2.24) is 4.90 Å². The molecule has 0 spiro atoms. The highest BCUT2D eigenvalue weighted by molar-refractivity contribution is 6.07. The molecule has 0 saturated carbocycles. The summed E-state index contributed by atoms with van der Waals surface area (Å²) in [6.45, 7) is 3.44. The summed E-state index contributed by atoms with van der Waals surface area (Å²) in [5.41, 5.74) is 1.90. The second-order valence-corrected chi connectivity index (χ2v) is 5.19. The lowest BCUT2D eigenvalue weighted by molar-refractivity contribution is 0.0771. The van der Waals surface area contributed by atoms with Crippen LogP contribution in [0.3, 0.4) is 0 Å². The van der Waals surface area contributed by atoms with Crippen LogP contribution < -0.4 is 0 Å². The predicted octanol–water partition coefficient (Wildman–Crippen LogP) is 3.77. The van der Waals surface area contributed by atoms with Crippen LogP contribution in [0.25, 0.3) is 10.8 Å². The standard InChI is InChI=1S/C17H16FNO/c1-12-8-10-19(11-9-12)17(20)15-6-7-16(18)14-5-3-2-4-13(14)15/h2-8H,9-11H2,1H3. The van der Waals surface area contributed by atoms with Crippen molar-refractivity contribution in [1.29, 1.82) is 0 Å². The average molecular weight is 269 g/mol. The van der Waals surface area contributed by atoms with Gasteiger partial charge in [0.2, 0.25) is 0 Å². The third-order valence-electron chi connectivity index (χ3n) is 3.82. The van der Waals surface area contributed by atoms with Gasteiger partial charge in [-0.25, -0.2) is 4.39 Å². The maximum absolute atomic E-state index is 13.8. The largest absolute Gasteiger partial charge is 0.335 e. The fraction of sp³-hybridized carbons (Fsp3) is 0.235. The number of amides is 1. The van der Waals surface area contributed by atoms with E-state index in [-0.39, 0.29) is 11.7 Å². The monoisotopic (exact) mass is 269 g/mol. The molecule has 0 radical (unpaired) electrons. The van der Waals surface area contributed by atoms with E-state index in [1.807, 2.05) is 11.0 Å². The van der Waals surface area contributed by atoms with E-state index in [0.717, 1.165) is 13.0 Å². The quantitative estimate of drug-likeness (QED) is 0.722. The maximum Gasteiger partial charge on any atom is 0.254 e. The van der Waals surface area contributed by atoms with Crippen molar-refractivity contribution in [2.24, 2.45) is 0 Å². The summed E-state index contributed by atoms with van der Waals surface area (Å²) in [6, 6.07) is 10.1. The Morgan fingerprint density at radius 3 is 2.60 bits per heavy atom. The highest BCUT2D eigenvalue weighted by atomic mass is 19.1. The van der Waals surface area contributed by atoms with Crippen LogP contribution >= 0.6 is 0 Å². The Bertz CT molecular complexity index is 705. The summed E-state index contributed by atoms with van der Waals surface area (Å²) in [4.78, 5) is 14.4. The van der Waals surface area contributed by atoms with Gasteiger partial charge in [0.15, 0.2) is 0 Å². The van der Waals surface area contributed by atoms with Crippen LogP contribution in [0.2, 0.25) is 0 Å². The summed E-state index contributed by atoms with van der Waals surface area (Å²) in [6.07, 6.45) is 2.98. The van der Waals surface area contributed by atoms with Gasteiger partial charge in [-0.3, -0.25) is 4.79 Å². The van der Waals surface area contributed by atoms with Crippen molar-refractivity contribution in [3.05, 3.63) is 59.4 Å². The normalized spacial score (nSPS) is 15.3. The van der Waals surface area contributed by atoms with Crippen LogP contribution in [0.15, 0.2) is 48.0 Å². The second-order valence-electron chi connectivity index (χ2n) is 5.19. The molecule has 0 saturated heterocycles. The highest BCUT2D eigenvalue weighted by Gasteiger charge is 2.20. The first-order valence-corrected chi connectivity index (χ1v) is 6.79. The molecular formula is C17H16FNO. The minimum atomic E-state index is -0.286. The Hall–Kier alpha value is -2.16. The molecule has 3 rings (SSSR count). The maximum atomic E-state index is 13.8. The Morgan fingerprint density at radius 2 is 1.90 bits per heavy atom. The molecule has 0 aromatic heterocycles. The van der Waals surface area contributed by atoms with Crippen LogP contribution in [0.5, 0.6) is 0 Å². The highest BCUT2D eigenvalue weighted by Crippen LogP contribution is 2.24. The second kappa shape index (κ2) is 5.08. The van der Waals surface area contributed by atoms with Gasteiger partial charge in [0.05, 0.1) is 0 Å². The number of nitrogens with zero attached hydrogens (tertiary/aromatic N) is 1. The lowest BCUT2D eigenvalue weighted by Crippen LogP contribution is -2.34. The molecule has 1 heterocycles. The van der Waals surface area contributed by atoms with Crippen molar-refractivity contribution in [3.63, 3.8) is 0 Å². The SMILES string of the molecule is CC1=CCN(C(=O)c2ccc(F)c3ccccc23)CC1. The molecule has 0 fully saturated rings. The molecular weight excluding hydrogens is 253 g/mol. The number of hydrogen-bond acceptors (Lipinski definition) is 1. The average Bonchev–Trinajstić information content (AvgIpc) is 2.48. The Labute approximate surface area is 117 Å². The molecule has 1 amide bonds. The first-order chi connectivity index (χ1) is 9.66.